The second-order valence-corrected chi connectivity index (χ2v) is 10.7. The Morgan fingerprint density at radius 3 is 2.35 bits per heavy atom. The van der Waals surface area contributed by atoms with Gasteiger partial charge in [0, 0.05) is 12.1 Å². The second-order valence-electron chi connectivity index (χ2n) is 8.80. The van der Waals surface area contributed by atoms with Gasteiger partial charge in [-0.05, 0) is 74.4 Å². The SMILES string of the molecule is CCOc1ccc(N(CC(=O)N[C@@H]2C[C@H]3CC[C@H]2C3)S(=O)(=O)c2ccc(OC)c(OC)c2)cc1. The summed E-state index contributed by atoms with van der Waals surface area (Å²) in [4.78, 5) is 13.0. The summed E-state index contributed by atoms with van der Waals surface area (Å²) in [7, 11) is -1.15. The summed E-state index contributed by atoms with van der Waals surface area (Å²) in [5, 5.41) is 3.09. The van der Waals surface area contributed by atoms with Crippen molar-refractivity contribution in [2.45, 2.75) is 43.5 Å². The third-order valence-corrected chi connectivity index (χ3v) is 8.52. The van der Waals surface area contributed by atoms with Gasteiger partial charge in [0.15, 0.2) is 11.5 Å². The molecule has 4 rings (SSSR count). The van der Waals surface area contributed by atoms with Crippen LogP contribution in [0.25, 0.3) is 0 Å². The van der Waals surface area contributed by atoms with Crippen molar-refractivity contribution in [1.29, 1.82) is 0 Å². The smallest absolute Gasteiger partial charge is 0.264 e. The number of amides is 1. The molecule has 0 aliphatic heterocycles. The van der Waals surface area contributed by atoms with Crippen molar-refractivity contribution >= 4 is 21.6 Å². The highest BCUT2D eigenvalue weighted by Crippen LogP contribution is 2.44. The van der Waals surface area contributed by atoms with E-state index in [1.807, 2.05) is 6.92 Å². The van der Waals surface area contributed by atoms with Crippen molar-refractivity contribution in [3.63, 3.8) is 0 Å². The van der Waals surface area contributed by atoms with E-state index >= 15 is 0 Å². The predicted molar refractivity (Wildman–Crippen MR) is 129 cm³/mol. The number of carbonyl (C=O) groups excluding carboxylic acids is 1. The highest BCUT2D eigenvalue weighted by molar-refractivity contribution is 7.92. The van der Waals surface area contributed by atoms with E-state index in [9.17, 15) is 13.2 Å². The average Bonchev–Trinajstić information content (AvgIpc) is 3.46. The van der Waals surface area contributed by atoms with Crippen LogP contribution in [0, 0.1) is 11.8 Å². The lowest BCUT2D eigenvalue weighted by Gasteiger charge is -2.27. The summed E-state index contributed by atoms with van der Waals surface area (Å²) in [5.74, 6) is 2.20. The highest BCUT2D eigenvalue weighted by atomic mass is 32.2. The molecular formula is C25H32N2O6S. The number of ether oxygens (including phenoxy) is 3. The van der Waals surface area contributed by atoms with Crippen LogP contribution in [0.3, 0.4) is 0 Å². The van der Waals surface area contributed by atoms with Crippen LogP contribution in [0.15, 0.2) is 47.4 Å². The molecule has 2 aromatic rings. The largest absolute Gasteiger partial charge is 0.494 e. The number of rotatable bonds is 10. The molecule has 2 aliphatic rings. The number of benzene rings is 2. The predicted octanol–water partition coefficient (Wildman–Crippen LogP) is 3.60. The van der Waals surface area contributed by atoms with Gasteiger partial charge in [0.05, 0.1) is 31.4 Å². The van der Waals surface area contributed by atoms with Gasteiger partial charge in [-0.3, -0.25) is 9.10 Å². The number of hydrogen-bond donors (Lipinski definition) is 1. The summed E-state index contributed by atoms with van der Waals surface area (Å²) in [6, 6.07) is 11.2. The number of nitrogens with one attached hydrogen (secondary N) is 1. The van der Waals surface area contributed by atoms with Gasteiger partial charge in [-0.2, -0.15) is 0 Å². The van der Waals surface area contributed by atoms with E-state index < -0.39 is 10.0 Å². The quantitative estimate of drug-likeness (QED) is 0.549. The molecule has 2 aromatic carbocycles. The van der Waals surface area contributed by atoms with E-state index in [4.69, 9.17) is 14.2 Å². The fourth-order valence-corrected chi connectivity index (χ4v) is 6.54. The molecule has 2 saturated carbocycles. The lowest BCUT2D eigenvalue weighted by atomic mass is 9.95. The molecule has 34 heavy (non-hydrogen) atoms. The first-order valence-corrected chi connectivity index (χ1v) is 13.1. The third-order valence-electron chi connectivity index (χ3n) is 6.75. The zero-order valence-corrected chi connectivity index (χ0v) is 20.6. The molecule has 0 aromatic heterocycles. The minimum atomic E-state index is -4.08. The monoisotopic (exact) mass is 488 g/mol. The van der Waals surface area contributed by atoms with Crippen molar-refractivity contribution in [2.75, 3.05) is 31.7 Å². The number of nitrogens with zero attached hydrogens (tertiary/aromatic N) is 1. The normalized spacial score (nSPS) is 21.2. The Morgan fingerprint density at radius 1 is 1.03 bits per heavy atom. The first-order valence-electron chi connectivity index (χ1n) is 11.6. The molecule has 2 bridgehead atoms. The van der Waals surface area contributed by atoms with E-state index in [1.165, 1.54) is 38.8 Å². The molecule has 0 unspecified atom stereocenters. The van der Waals surface area contributed by atoms with Gasteiger partial charge in [-0.15, -0.1) is 0 Å². The fourth-order valence-electron chi connectivity index (χ4n) is 5.10. The molecule has 0 saturated heterocycles. The molecule has 0 radical (unpaired) electrons. The maximum Gasteiger partial charge on any atom is 0.264 e. The first-order chi connectivity index (χ1) is 16.3. The van der Waals surface area contributed by atoms with Crippen molar-refractivity contribution in [3.8, 4) is 17.2 Å². The van der Waals surface area contributed by atoms with Gasteiger partial charge in [-0.1, -0.05) is 6.42 Å². The maximum atomic E-state index is 13.7. The van der Waals surface area contributed by atoms with Crippen LogP contribution in [0.2, 0.25) is 0 Å². The Balaban J connectivity index is 1.63. The lowest BCUT2D eigenvalue weighted by Crippen LogP contribution is -2.46. The van der Waals surface area contributed by atoms with Crippen molar-refractivity contribution < 1.29 is 27.4 Å². The molecule has 0 heterocycles. The van der Waals surface area contributed by atoms with Crippen LogP contribution in [-0.2, 0) is 14.8 Å². The number of anilines is 1. The van der Waals surface area contributed by atoms with Crippen LogP contribution < -0.4 is 23.8 Å². The van der Waals surface area contributed by atoms with Gasteiger partial charge in [0.2, 0.25) is 5.91 Å². The van der Waals surface area contributed by atoms with Crippen LogP contribution in [-0.4, -0.2) is 47.7 Å². The average molecular weight is 489 g/mol. The minimum Gasteiger partial charge on any atom is -0.494 e. The van der Waals surface area contributed by atoms with E-state index in [1.54, 1.807) is 24.3 Å². The number of methoxy groups -OCH3 is 2. The van der Waals surface area contributed by atoms with E-state index in [0.29, 0.717) is 41.4 Å². The Labute approximate surface area is 201 Å². The number of hydrogen-bond acceptors (Lipinski definition) is 6. The van der Waals surface area contributed by atoms with Gasteiger partial charge < -0.3 is 19.5 Å². The highest BCUT2D eigenvalue weighted by Gasteiger charge is 2.40. The number of carbonyl (C=O) groups is 1. The molecule has 9 heteroatoms. The van der Waals surface area contributed by atoms with Crippen LogP contribution in [0.1, 0.15) is 32.6 Å². The van der Waals surface area contributed by atoms with Crippen molar-refractivity contribution in [1.82, 2.24) is 5.32 Å². The van der Waals surface area contributed by atoms with Crippen LogP contribution in [0.4, 0.5) is 5.69 Å². The molecule has 2 fully saturated rings. The Kier molecular flexibility index (Phi) is 7.21. The summed E-state index contributed by atoms with van der Waals surface area (Å²) in [6.45, 7) is 2.05. The van der Waals surface area contributed by atoms with Crippen molar-refractivity contribution in [3.05, 3.63) is 42.5 Å². The van der Waals surface area contributed by atoms with Crippen LogP contribution in [0.5, 0.6) is 17.2 Å². The molecule has 2 aliphatic carbocycles. The van der Waals surface area contributed by atoms with Gasteiger partial charge in [0.1, 0.15) is 12.3 Å². The zero-order valence-electron chi connectivity index (χ0n) is 19.8. The van der Waals surface area contributed by atoms with Gasteiger partial charge >= 0.3 is 0 Å². The Morgan fingerprint density at radius 2 is 1.76 bits per heavy atom. The van der Waals surface area contributed by atoms with Crippen LogP contribution >= 0.6 is 0 Å². The fraction of sp³-hybridized carbons (Fsp3) is 0.480. The standard InChI is InChI=1S/C25H32N2O6S/c1-4-33-20-9-7-19(8-10-20)27(16-25(28)26-22-14-17-5-6-18(22)13-17)34(29,30)21-11-12-23(31-2)24(15-21)32-3/h7-12,15,17-18,22H,4-6,13-14,16H2,1-3H3,(H,26,28)/t17-,18-,22+/m0/s1. The van der Waals surface area contributed by atoms with Gasteiger partial charge in [0.25, 0.3) is 10.0 Å². The molecule has 1 amide bonds. The molecular weight excluding hydrogens is 456 g/mol. The molecule has 1 N–H and O–H groups in total. The van der Waals surface area contributed by atoms with Crippen molar-refractivity contribution in [2.24, 2.45) is 11.8 Å². The first kappa shape index (κ1) is 24.2. The Bertz CT molecular complexity index is 1120. The van der Waals surface area contributed by atoms with E-state index in [0.717, 1.165) is 23.6 Å². The number of sulfonamides is 1. The summed E-state index contributed by atoms with van der Waals surface area (Å²) in [6.07, 6.45) is 4.48. The minimum absolute atomic E-state index is 0.00626. The summed E-state index contributed by atoms with van der Waals surface area (Å²) >= 11 is 0. The van der Waals surface area contributed by atoms with E-state index in [2.05, 4.69) is 5.32 Å². The summed E-state index contributed by atoms with van der Waals surface area (Å²) in [5.41, 5.74) is 0.376. The summed E-state index contributed by atoms with van der Waals surface area (Å²) < 4.78 is 44.6. The molecule has 3 atom stereocenters. The maximum absolute atomic E-state index is 13.7. The van der Waals surface area contributed by atoms with Gasteiger partial charge in [-0.25, -0.2) is 8.42 Å². The lowest BCUT2D eigenvalue weighted by molar-refractivity contribution is -0.120. The third kappa shape index (κ3) is 4.94. The molecule has 8 nitrogen and oxygen atoms in total. The molecule has 0 spiro atoms. The van der Waals surface area contributed by atoms with E-state index in [-0.39, 0.29) is 23.4 Å². The number of fused-ring (bicyclic) bond motifs is 2. The Hall–Kier alpha value is -2.94. The second kappa shape index (κ2) is 10.1. The zero-order chi connectivity index (χ0) is 24.3. The topological polar surface area (TPSA) is 94.2 Å². The molecule has 184 valence electrons.